The first-order valence-electron chi connectivity index (χ1n) is 3.70. The molecule has 0 heterocycles. The largest absolute Gasteiger partial charge is 1.00 e. The molecule has 0 bridgehead atoms. The standard InChI is InChI=1S/C6H8O7.Ag.NO3.Na/c7-3(8)1-6(13,5(11)12)2-4(9)10;;2-1(3)4;/h13H,1-2H2,(H,7,8)(H,9,10)(H,11,12);;;/q;+1;-1;+1/p-1. The fraction of sp³-hybridized carbons (Fsp3) is 0.500. The van der Waals surface area contributed by atoms with Crippen LogP contribution in [0.5, 0.6) is 0 Å². The van der Waals surface area contributed by atoms with Gasteiger partial charge in [0.2, 0.25) is 0 Å². The predicted octanol–water partition coefficient (Wildman–Crippen LogP) is -5.82. The van der Waals surface area contributed by atoms with Crippen molar-refractivity contribution in [1.29, 1.82) is 0 Å². The molecule has 0 rings (SSSR count). The second-order valence-corrected chi connectivity index (χ2v) is 2.68. The molecule has 0 aliphatic rings. The average molecular weight is 384 g/mol. The number of aliphatic hydroxyl groups is 1. The van der Waals surface area contributed by atoms with E-state index in [1.165, 1.54) is 0 Å². The summed E-state index contributed by atoms with van der Waals surface area (Å²) in [6.07, 6.45) is -2.44. The molecule has 108 valence electrons. The van der Waals surface area contributed by atoms with Crippen molar-refractivity contribution in [2.45, 2.75) is 18.4 Å². The molecule has 0 fully saturated rings. The average Bonchev–Trinajstić information content (AvgIpc) is 1.98. The summed E-state index contributed by atoms with van der Waals surface area (Å²) in [5.74, 6) is -5.34. The van der Waals surface area contributed by atoms with Crippen LogP contribution >= 0.6 is 0 Å². The summed E-state index contributed by atoms with van der Waals surface area (Å²) in [5, 5.41) is 50.3. The first-order chi connectivity index (χ1) is 7.51. The molecule has 13 heteroatoms. The molecule has 0 amide bonds. The summed E-state index contributed by atoms with van der Waals surface area (Å²) in [6.45, 7) is 0. The van der Waals surface area contributed by atoms with E-state index < -0.39 is 41.4 Å². The topological polar surface area (TPSA) is 201 Å². The van der Waals surface area contributed by atoms with Gasteiger partial charge in [0.25, 0.3) is 0 Å². The molecule has 3 N–H and O–H groups in total. The van der Waals surface area contributed by atoms with Crippen LogP contribution in [0.4, 0.5) is 0 Å². The van der Waals surface area contributed by atoms with E-state index in [0.717, 1.165) is 0 Å². The maximum Gasteiger partial charge on any atom is 1.00 e. The van der Waals surface area contributed by atoms with Gasteiger partial charge in [0.05, 0.1) is 11.5 Å². The van der Waals surface area contributed by atoms with E-state index >= 15 is 0 Å². The molecule has 0 saturated heterocycles. The molecule has 0 saturated carbocycles. The van der Waals surface area contributed by atoms with Crippen LogP contribution in [0.1, 0.15) is 12.8 Å². The summed E-state index contributed by atoms with van der Waals surface area (Å²) in [6, 6.07) is 0. The molecule has 0 aromatic carbocycles. The van der Waals surface area contributed by atoms with Gasteiger partial charge in [-0.15, -0.1) is 0 Å². The van der Waals surface area contributed by atoms with Gasteiger partial charge < -0.3 is 40.5 Å². The number of carbonyl (C=O) groups excluding carboxylic acids is 1. The number of carboxylic acids is 3. The van der Waals surface area contributed by atoms with Crippen LogP contribution in [0.25, 0.3) is 0 Å². The van der Waals surface area contributed by atoms with E-state index in [-0.39, 0.29) is 51.9 Å². The number of nitrogens with zero attached hydrogens (tertiary/aromatic N) is 1. The first kappa shape index (κ1) is 26.8. The SMILES string of the molecule is O=C([O-])CC(O)(CC(=O)O)C(=O)O.O=[N+]([O-])[O-].[Ag+].[Na+]. The monoisotopic (exact) mass is 383 g/mol. The predicted molar refractivity (Wildman–Crippen MR) is 44.8 cm³/mol. The van der Waals surface area contributed by atoms with Crippen LogP contribution in [-0.2, 0) is 36.8 Å². The van der Waals surface area contributed by atoms with Crippen LogP contribution in [0.15, 0.2) is 0 Å². The Bertz CT molecular complexity index is 314. The van der Waals surface area contributed by atoms with Crippen LogP contribution in [-0.4, -0.2) is 43.9 Å². The van der Waals surface area contributed by atoms with Crippen LogP contribution in [0, 0.1) is 15.3 Å². The Hall–Kier alpha value is -0.690. The second-order valence-electron chi connectivity index (χ2n) is 2.68. The van der Waals surface area contributed by atoms with Crippen LogP contribution < -0.4 is 34.7 Å². The molecule has 0 aromatic heterocycles. The number of hydrogen-bond donors (Lipinski definition) is 3. The minimum Gasteiger partial charge on any atom is -0.550 e. The van der Waals surface area contributed by atoms with Crippen molar-refractivity contribution in [3.05, 3.63) is 15.3 Å². The van der Waals surface area contributed by atoms with Crippen molar-refractivity contribution in [1.82, 2.24) is 0 Å². The van der Waals surface area contributed by atoms with Crippen molar-refractivity contribution >= 4 is 17.9 Å². The van der Waals surface area contributed by atoms with E-state index in [9.17, 15) is 19.5 Å². The van der Waals surface area contributed by atoms with E-state index in [1.54, 1.807) is 0 Å². The van der Waals surface area contributed by atoms with Gasteiger partial charge in [0.15, 0.2) is 5.60 Å². The normalized spacial score (nSPS) is 11.2. The summed E-state index contributed by atoms with van der Waals surface area (Å²) in [4.78, 5) is 38.6. The number of hydrogen-bond acceptors (Lipinski definition) is 8. The zero-order valence-electron chi connectivity index (χ0n) is 9.36. The molecule has 19 heavy (non-hydrogen) atoms. The molecule has 11 nitrogen and oxygen atoms in total. The third kappa shape index (κ3) is 17.3. The van der Waals surface area contributed by atoms with Gasteiger partial charge in [-0.2, -0.15) is 0 Å². The molecule has 1 unspecified atom stereocenters. The zero-order valence-corrected chi connectivity index (χ0v) is 12.8. The fourth-order valence-electron chi connectivity index (χ4n) is 0.703. The fourth-order valence-corrected chi connectivity index (χ4v) is 0.703. The van der Waals surface area contributed by atoms with Gasteiger partial charge in [-0.3, -0.25) is 4.79 Å². The van der Waals surface area contributed by atoms with Gasteiger partial charge in [0.1, 0.15) is 0 Å². The smallest absolute Gasteiger partial charge is 0.550 e. The van der Waals surface area contributed by atoms with Gasteiger partial charge in [0, 0.05) is 12.4 Å². The summed E-state index contributed by atoms with van der Waals surface area (Å²) >= 11 is 0. The Kier molecular flexibility index (Phi) is 17.4. The van der Waals surface area contributed by atoms with Gasteiger partial charge in [-0.05, 0) is 0 Å². The van der Waals surface area contributed by atoms with Crippen molar-refractivity contribution < 1.29 is 91.8 Å². The van der Waals surface area contributed by atoms with E-state index in [1.807, 2.05) is 0 Å². The van der Waals surface area contributed by atoms with Crippen molar-refractivity contribution in [2.24, 2.45) is 0 Å². The number of carboxylic acid groups (broad SMARTS) is 3. The van der Waals surface area contributed by atoms with Gasteiger partial charge in [-0.1, -0.05) is 0 Å². The van der Waals surface area contributed by atoms with Crippen molar-refractivity contribution in [2.75, 3.05) is 0 Å². The molecule has 0 radical (unpaired) electrons. The molecular weight excluding hydrogens is 377 g/mol. The first-order valence-corrected chi connectivity index (χ1v) is 3.70. The van der Waals surface area contributed by atoms with Crippen LogP contribution in [0.3, 0.4) is 0 Å². The Balaban J connectivity index is -0.000000165. The maximum absolute atomic E-state index is 10.3. The summed E-state index contributed by atoms with van der Waals surface area (Å²) in [5.41, 5.74) is -2.80. The van der Waals surface area contributed by atoms with Gasteiger partial charge in [-0.25, -0.2) is 4.79 Å². The zero-order chi connectivity index (χ0) is 14.2. The summed E-state index contributed by atoms with van der Waals surface area (Å²) < 4.78 is 0. The van der Waals surface area contributed by atoms with E-state index in [2.05, 4.69) is 0 Å². The van der Waals surface area contributed by atoms with E-state index in [0.29, 0.717) is 0 Å². The molecule has 0 aliphatic heterocycles. The Morgan fingerprint density at radius 3 is 1.58 bits per heavy atom. The van der Waals surface area contributed by atoms with Gasteiger partial charge >= 0.3 is 63.9 Å². The Morgan fingerprint density at radius 2 is 1.42 bits per heavy atom. The van der Waals surface area contributed by atoms with E-state index in [4.69, 9.17) is 30.6 Å². The molecule has 0 aliphatic carbocycles. The number of rotatable bonds is 5. The van der Waals surface area contributed by atoms with Crippen molar-refractivity contribution in [3.8, 4) is 0 Å². The third-order valence-corrected chi connectivity index (χ3v) is 1.28. The number of aliphatic carboxylic acids is 3. The molecule has 1 atom stereocenters. The Morgan fingerprint density at radius 1 is 1.11 bits per heavy atom. The molecule has 0 spiro atoms. The number of carbonyl (C=O) groups is 3. The minimum absolute atomic E-state index is 0. The minimum atomic E-state index is -2.80. The third-order valence-electron chi connectivity index (χ3n) is 1.28. The summed E-state index contributed by atoms with van der Waals surface area (Å²) in [7, 11) is 0. The Labute approximate surface area is 143 Å². The molecular formula is C6H7AgNNaO10. The van der Waals surface area contributed by atoms with Crippen LogP contribution in [0.2, 0.25) is 0 Å². The van der Waals surface area contributed by atoms with Crippen molar-refractivity contribution in [3.63, 3.8) is 0 Å². The second kappa shape index (κ2) is 12.3. The maximum atomic E-state index is 10.3. The molecule has 0 aromatic rings. The quantitative estimate of drug-likeness (QED) is 0.233.